The molecule has 7 nitrogen and oxygen atoms in total. The lowest BCUT2D eigenvalue weighted by Gasteiger charge is -2.13. The number of hydrogen-bond donors (Lipinski definition) is 2. The van der Waals surface area contributed by atoms with Crippen LogP contribution in [0.3, 0.4) is 0 Å². The van der Waals surface area contributed by atoms with E-state index in [0.717, 1.165) is 25.0 Å². The zero-order valence-corrected chi connectivity index (χ0v) is 16.3. The van der Waals surface area contributed by atoms with Crippen LogP contribution in [-0.2, 0) is 4.74 Å². The van der Waals surface area contributed by atoms with Crippen LogP contribution in [0.2, 0.25) is 0 Å². The minimum Gasteiger partial charge on any atom is -0.376 e. The SMILES string of the molecule is N#Cc1ccccc1NC(=O)c1cc(NCC2CCCO2)nc(-c2ccccc2)n1. The van der Waals surface area contributed by atoms with E-state index in [2.05, 4.69) is 26.7 Å². The molecule has 0 aliphatic carbocycles. The van der Waals surface area contributed by atoms with Crippen LogP contribution in [0.15, 0.2) is 60.7 Å². The average Bonchev–Trinajstić information content (AvgIpc) is 3.32. The van der Waals surface area contributed by atoms with E-state index >= 15 is 0 Å². The highest BCUT2D eigenvalue weighted by Gasteiger charge is 2.18. The fourth-order valence-electron chi connectivity index (χ4n) is 3.27. The normalized spacial score (nSPS) is 15.4. The van der Waals surface area contributed by atoms with Crippen LogP contribution in [-0.4, -0.2) is 35.1 Å². The van der Waals surface area contributed by atoms with E-state index < -0.39 is 5.91 Å². The van der Waals surface area contributed by atoms with E-state index in [1.54, 1.807) is 30.3 Å². The number of aromatic nitrogens is 2. The van der Waals surface area contributed by atoms with Gasteiger partial charge in [0.2, 0.25) is 0 Å². The highest BCUT2D eigenvalue weighted by Crippen LogP contribution is 2.21. The second-order valence-corrected chi connectivity index (χ2v) is 6.96. The molecule has 1 amide bonds. The minimum atomic E-state index is -0.405. The first kappa shape index (κ1) is 19.6. The molecule has 1 fully saturated rings. The van der Waals surface area contributed by atoms with Crippen molar-refractivity contribution in [3.63, 3.8) is 0 Å². The highest BCUT2D eigenvalue weighted by molar-refractivity contribution is 6.04. The van der Waals surface area contributed by atoms with Crippen molar-refractivity contribution in [3.8, 4) is 17.5 Å². The minimum absolute atomic E-state index is 0.139. The Balaban J connectivity index is 1.62. The van der Waals surface area contributed by atoms with E-state index in [-0.39, 0.29) is 11.8 Å². The highest BCUT2D eigenvalue weighted by atomic mass is 16.5. The summed E-state index contributed by atoms with van der Waals surface area (Å²) in [6, 6.07) is 20.0. The number of ether oxygens (including phenoxy) is 1. The van der Waals surface area contributed by atoms with Crippen LogP contribution >= 0.6 is 0 Å². The molecule has 4 rings (SSSR count). The number of hydrogen-bond acceptors (Lipinski definition) is 6. The molecule has 7 heteroatoms. The molecule has 2 N–H and O–H groups in total. The van der Waals surface area contributed by atoms with E-state index in [1.165, 1.54) is 0 Å². The molecule has 0 spiro atoms. The Morgan fingerprint density at radius 2 is 1.93 bits per heavy atom. The number of nitriles is 1. The van der Waals surface area contributed by atoms with Gasteiger partial charge >= 0.3 is 0 Å². The standard InChI is InChI=1S/C23H21N5O2/c24-14-17-9-4-5-11-19(17)27-23(29)20-13-21(25-15-18-10-6-12-30-18)28-22(26-20)16-7-2-1-3-8-16/h1-5,7-9,11,13,18H,6,10,12,15H2,(H,27,29)(H,25,26,28). The van der Waals surface area contributed by atoms with Crippen molar-refractivity contribution in [2.75, 3.05) is 23.8 Å². The van der Waals surface area contributed by atoms with Gasteiger partial charge in [-0.2, -0.15) is 5.26 Å². The predicted molar refractivity (Wildman–Crippen MR) is 114 cm³/mol. The summed E-state index contributed by atoms with van der Waals surface area (Å²) in [6.07, 6.45) is 2.19. The second-order valence-electron chi connectivity index (χ2n) is 6.96. The first-order valence-electron chi connectivity index (χ1n) is 9.83. The number of carbonyl (C=O) groups excluding carboxylic acids is 1. The Labute approximate surface area is 174 Å². The molecule has 150 valence electrons. The molecule has 1 aromatic heterocycles. The number of carbonyl (C=O) groups is 1. The molecule has 0 radical (unpaired) electrons. The zero-order valence-electron chi connectivity index (χ0n) is 16.3. The third kappa shape index (κ3) is 4.62. The van der Waals surface area contributed by atoms with Gasteiger partial charge in [0.15, 0.2) is 5.82 Å². The summed E-state index contributed by atoms with van der Waals surface area (Å²) in [7, 11) is 0. The third-order valence-electron chi connectivity index (χ3n) is 4.82. The second kappa shape index (κ2) is 9.16. The first-order valence-corrected chi connectivity index (χ1v) is 9.83. The number of para-hydroxylation sites is 1. The van der Waals surface area contributed by atoms with Gasteiger partial charge in [0.25, 0.3) is 5.91 Å². The van der Waals surface area contributed by atoms with Gasteiger partial charge in [-0.05, 0) is 25.0 Å². The van der Waals surface area contributed by atoms with Gasteiger partial charge in [0, 0.05) is 24.8 Å². The van der Waals surface area contributed by atoms with Gasteiger partial charge in [-0.25, -0.2) is 9.97 Å². The fourth-order valence-corrected chi connectivity index (χ4v) is 3.27. The topological polar surface area (TPSA) is 99.9 Å². The van der Waals surface area contributed by atoms with Crippen LogP contribution in [0, 0.1) is 11.3 Å². The molecule has 1 saturated heterocycles. The summed E-state index contributed by atoms with van der Waals surface area (Å²) in [5.41, 5.74) is 1.86. The van der Waals surface area contributed by atoms with Gasteiger partial charge in [-0.1, -0.05) is 42.5 Å². The molecule has 30 heavy (non-hydrogen) atoms. The van der Waals surface area contributed by atoms with Crippen molar-refractivity contribution in [2.45, 2.75) is 18.9 Å². The van der Waals surface area contributed by atoms with Crippen molar-refractivity contribution >= 4 is 17.4 Å². The van der Waals surface area contributed by atoms with Crippen molar-refractivity contribution in [1.82, 2.24) is 9.97 Å². The van der Waals surface area contributed by atoms with Crippen molar-refractivity contribution in [3.05, 3.63) is 71.9 Å². The summed E-state index contributed by atoms with van der Waals surface area (Å²) in [4.78, 5) is 22.0. The van der Waals surface area contributed by atoms with Gasteiger partial charge in [0.05, 0.1) is 17.4 Å². The quantitative estimate of drug-likeness (QED) is 0.653. The largest absolute Gasteiger partial charge is 0.376 e. The van der Waals surface area contributed by atoms with Crippen LogP contribution in [0.1, 0.15) is 28.9 Å². The number of benzene rings is 2. The fraction of sp³-hybridized carbons (Fsp3) is 0.217. The number of nitrogens with one attached hydrogen (secondary N) is 2. The third-order valence-corrected chi connectivity index (χ3v) is 4.82. The molecular weight excluding hydrogens is 378 g/mol. The summed E-state index contributed by atoms with van der Waals surface area (Å²) < 4.78 is 5.66. The van der Waals surface area contributed by atoms with Crippen molar-refractivity contribution < 1.29 is 9.53 Å². The Kier molecular flexibility index (Phi) is 5.97. The Morgan fingerprint density at radius 1 is 1.13 bits per heavy atom. The summed E-state index contributed by atoms with van der Waals surface area (Å²) in [5.74, 6) is 0.599. The number of amides is 1. The zero-order chi connectivity index (χ0) is 20.8. The maximum absolute atomic E-state index is 12.9. The molecule has 2 aromatic carbocycles. The van der Waals surface area contributed by atoms with Gasteiger partial charge in [-0.3, -0.25) is 4.79 Å². The van der Waals surface area contributed by atoms with Gasteiger partial charge < -0.3 is 15.4 Å². The summed E-state index contributed by atoms with van der Waals surface area (Å²) in [6.45, 7) is 1.39. The van der Waals surface area contributed by atoms with E-state index in [9.17, 15) is 10.1 Å². The van der Waals surface area contributed by atoms with Crippen LogP contribution < -0.4 is 10.6 Å². The molecule has 3 aromatic rings. The number of anilines is 2. The molecule has 1 unspecified atom stereocenters. The monoisotopic (exact) mass is 399 g/mol. The predicted octanol–water partition coefficient (Wildman–Crippen LogP) is 3.86. The molecule has 0 saturated carbocycles. The van der Waals surface area contributed by atoms with Crippen LogP contribution in [0.5, 0.6) is 0 Å². The van der Waals surface area contributed by atoms with E-state index in [4.69, 9.17) is 4.74 Å². The lowest BCUT2D eigenvalue weighted by molar-refractivity contribution is 0.102. The van der Waals surface area contributed by atoms with E-state index in [0.29, 0.717) is 29.4 Å². The molecule has 1 aliphatic rings. The average molecular weight is 399 g/mol. The van der Waals surface area contributed by atoms with Crippen LogP contribution in [0.4, 0.5) is 11.5 Å². The number of nitrogens with zero attached hydrogens (tertiary/aromatic N) is 3. The smallest absolute Gasteiger partial charge is 0.274 e. The van der Waals surface area contributed by atoms with Gasteiger partial charge in [-0.15, -0.1) is 0 Å². The maximum atomic E-state index is 12.9. The Morgan fingerprint density at radius 3 is 2.70 bits per heavy atom. The summed E-state index contributed by atoms with van der Waals surface area (Å²) >= 11 is 0. The molecule has 1 atom stereocenters. The molecule has 2 heterocycles. The lowest BCUT2D eigenvalue weighted by atomic mass is 10.2. The Hall–Kier alpha value is -3.76. The molecule has 0 bridgehead atoms. The van der Waals surface area contributed by atoms with E-state index in [1.807, 2.05) is 30.3 Å². The first-order chi connectivity index (χ1) is 14.7. The maximum Gasteiger partial charge on any atom is 0.274 e. The Bertz CT molecular complexity index is 1070. The van der Waals surface area contributed by atoms with Crippen molar-refractivity contribution in [2.24, 2.45) is 0 Å². The molecule has 1 aliphatic heterocycles. The summed E-state index contributed by atoms with van der Waals surface area (Å²) in [5, 5.41) is 15.3. The van der Waals surface area contributed by atoms with Crippen molar-refractivity contribution in [1.29, 1.82) is 5.26 Å². The lowest BCUT2D eigenvalue weighted by Crippen LogP contribution is -2.20. The number of rotatable bonds is 6. The van der Waals surface area contributed by atoms with Gasteiger partial charge in [0.1, 0.15) is 17.6 Å². The van der Waals surface area contributed by atoms with Crippen LogP contribution in [0.25, 0.3) is 11.4 Å². The molecular formula is C23H21N5O2.